The molecule has 0 unspecified atom stereocenters. The second kappa shape index (κ2) is 7.78. The van der Waals surface area contributed by atoms with E-state index in [1.165, 1.54) is 24.2 Å². The molecule has 0 aliphatic rings. The number of rotatable bonds is 7. The molecule has 0 nitrogen and oxygen atoms in total. The first-order chi connectivity index (χ1) is 7.79. The molecule has 3 heteroatoms. The van der Waals surface area contributed by atoms with Crippen LogP contribution in [0.5, 0.6) is 0 Å². The first kappa shape index (κ1) is 14.6. The molecule has 0 atom stereocenters. The fraction of sp³-hybridized carbons (Fsp3) is 0.538. The Morgan fingerprint density at radius 2 is 1.75 bits per heavy atom. The Balaban J connectivity index is 2.79. The van der Waals surface area contributed by atoms with Crippen molar-refractivity contribution in [2.24, 2.45) is 0 Å². The predicted molar refractivity (Wildman–Crippen MR) is 83.3 cm³/mol. The van der Waals surface area contributed by atoms with E-state index in [0.717, 1.165) is 10.7 Å². The van der Waals surface area contributed by atoms with Gasteiger partial charge >= 0.3 is 0 Å². The van der Waals surface area contributed by atoms with Crippen molar-refractivity contribution in [3.05, 3.63) is 35.9 Å². The van der Waals surface area contributed by atoms with Gasteiger partial charge in [0.25, 0.3) is 0 Å². The maximum absolute atomic E-state index is 3.69. The molecule has 0 bridgehead atoms. The van der Waals surface area contributed by atoms with Crippen LogP contribution in [0.3, 0.4) is 0 Å². The van der Waals surface area contributed by atoms with Gasteiger partial charge in [-0.1, -0.05) is 62.2 Å². The molecule has 1 rings (SSSR count). The lowest BCUT2D eigenvalue weighted by atomic mass is 9.81. The summed E-state index contributed by atoms with van der Waals surface area (Å²) in [7, 11) is 0. The fourth-order valence-electron chi connectivity index (χ4n) is 1.81. The van der Waals surface area contributed by atoms with Crippen LogP contribution < -0.4 is 0 Å². The van der Waals surface area contributed by atoms with Crippen molar-refractivity contribution < 1.29 is 0 Å². The summed E-state index contributed by atoms with van der Waals surface area (Å²) in [5.74, 6) is 1.24. The second-order valence-electron chi connectivity index (χ2n) is 4.01. The lowest BCUT2D eigenvalue weighted by Gasteiger charge is -2.30. The molecule has 0 aromatic heterocycles. The van der Waals surface area contributed by atoms with Crippen LogP contribution in [-0.4, -0.2) is 22.7 Å². The van der Waals surface area contributed by atoms with Crippen LogP contribution in [0, 0.1) is 0 Å². The molecule has 0 N–H and O–H groups in total. The summed E-state index contributed by atoms with van der Waals surface area (Å²) in [4.78, 5) is 0. The highest BCUT2D eigenvalue weighted by Gasteiger charge is 2.29. The van der Waals surface area contributed by atoms with Gasteiger partial charge in [-0.15, -0.1) is 0 Å². The number of alkyl halides is 2. The van der Waals surface area contributed by atoms with E-state index in [2.05, 4.69) is 68.4 Å². The maximum atomic E-state index is 3.69. The normalized spacial score (nSPS) is 11.7. The minimum atomic E-state index is 0.247. The van der Waals surface area contributed by atoms with Gasteiger partial charge in [-0.25, -0.2) is 0 Å². The van der Waals surface area contributed by atoms with Crippen molar-refractivity contribution in [3.8, 4) is 0 Å². The molecule has 0 radical (unpaired) electrons. The van der Waals surface area contributed by atoms with Gasteiger partial charge in [0.2, 0.25) is 0 Å². The average Bonchev–Trinajstić information content (AvgIpc) is 2.36. The highest BCUT2D eigenvalue weighted by molar-refractivity contribution is 9.09. The third-order valence-corrected chi connectivity index (χ3v) is 5.75. The summed E-state index contributed by atoms with van der Waals surface area (Å²) in [5, 5.41) is 2.04. The summed E-state index contributed by atoms with van der Waals surface area (Å²) >= 11 is 9.30. The van der Waals surface area contributed by atoms with Crippen LogP contribution in [0.15, 0.2) is 30.3 Å². The molecule has 0 aliphatic carbocycles. The summed E-state index contributed by atoms with van der Waals surface area (Å²) in [6, 6.07) is 10.8. The molecule has 1 aromatic carbocycles. The summed E-state index contributed by atoms with van der Waals surface area (Å²) in [5.41, 5.74) is 1.68. The maximum Gasteiger partial charge on any atom is 0.0147 e. The lowest BCUT2D eigenvalue weighted by molar-refractivity contribution is 0.500. The highest BCUT2D eigenvalue weighted by atomic mass is 79.9. The van der Waals surface area contributed by atoms with Crippen molar-refractivity contribution in [3.63, 3.8) is 0 Å². The third-order valence-electron chi connectivity index (χ3n) is 2.90. The lowest BCUT2D eigenvalue weighted by Crippen LogP contribution is -2.30. The summed E-state index contributed by atoms with van der Waals surface area (Å²) < 4.78 is 0. The third kappa shape index (κ3) is 3.78. The van der Waals surface area contributed by atoms with E-state index in [1.807, 2.05) is 11.8 Å². The Labute approximate surface area is 120 Å². The van der Waals surface area contributed by atoms with E-state index in [4.69, 9.17) is 0 Å². The van der Waals surface area contributed by atoms with Gasteiger partial charge in [0, 0.05) is 16.1 Å². The zero-order valence-electron chi connectivity index (χ0n) is 9.59. The number of thioether (sulfide) groups is 1. The molecular formula is C13H18Br2S. The van der Waals surface area contributed by atoms with Gasteiger partial charge < -0.3 is 0 Å². The SMILES string of the molecule is CSCCCC(CBr)(CBr)c1ccccc1. The van der Waals surface area contributed by atoms with Crippen LogP contribution in [0.4, 0.5) is 0 Å². The Hall–Kier alpha value is 0.530. The molecule has 0 amide bonds. The van der Waals surface area contributed by atoms with E-state index < -0.39 is 0 Å². The van der Waals surface area contributed by atoms with Crippen molar-refractivity contribution in [1.29, 1.82) is 0 Å². The molecule has 0 heterocycles. The predicted octanol–water partition coefficient (Wildman–Crippen LogP) is 4.86. The van der Waals surface area contributed by atoms with E-state index in [-0.39, 0.29) is 5.41 Å². The smallest absolute Gasteiger partial charge is 0.0147 e. The Kier molecular flexibility index (Phi) is 7.09. The van der Waals surface area contributed by atoms with Crippen molar-refractivity contribution in [2.45, 2.75) is 18.3 Å². The van der Waals surface area contributed by atoms with E-state index in [1.54, 1.807) is 0 Å². The molecular weight excluding hydrogens is 348 g/mol. The van der Waals surface area contributed by atoms with Crippen LogP contribution >= 0.6 is 43.6 Å². The quantitative estimate of drug-likeness (QED) is 0.491. The molecule has 0 aliphatic heterocycles. The van der Waals surface area contributed by atoms with Crippen LogP contribution in [0.2, 0.25) is 0 Å². The van der Waals surface area contributed by atoms with Gasteiger partial charge in [0.05, 0.1) is 0 Å². The summed E-state index contributed by atoms with van der Waals surface area (Å²) in [6.07, 6.45) is 4.67. The Morgan fingerprint density at radius 3 is 2.25 bits per heavy atom. The van der Waals surface area contributed by atoms with Crippen LogP contribution in [-0.2, 0) is 5.41 Å². The molecule has 1 aromatic rings. The highest BCUT2D eigenvalue weighted by Crippen LogP contribution is 2.33. The minimum absolute atomic E-state index is 0.247. The van der Waals surface area contributed by atoms with Crippen molar-refractivity contribution in [2.75, 3.05) is 22.7 Å². The van der Waals surface area contributed by atoms with Crippen LogP contribution in [0.1, 0.15) is 18.4 Å². The molecule has 0 fully saturated rings. The summed E-state index contributed by atoms with van der Waals surface area (Å²) in [6.45, 7) is 0. The standard InChI is InChI=1S/C13H18Br2S/c1-16-9-5-8-13(10-14,11-15)12-6-3-2-4-7-12/h2-4,6-7H,5,8-11H2,1H3. The van der Waals surface area contributed by atoms with Gasteiger partial charge in [-0.2, -0.15) is 11.8 Å². The van der Waals surface area contributed by atoms with Crippen molar-refractivity contribution in [1.82, 2.24) is 0 Å². The van der Waals surface area contributed by atoms with Crippen molar-refractivity contribution >= 4 is 43.6 Å². The number of halogens is 2. The molecule has 16 heavy (non-hydrogen) atoms. The number of benzene rings is 1. The Morgan fingerprint density at radius 1 is 1.12 bits per heavy atom. The molecule has 0 saturated heterocycles. The van der Waals surface area contributed by atoms with E-state index >= 15 is 0 Å². The minimum Gasteiger partial charge on any atom is -0.165 e. The first-order valence-electron chi connectivity index (χ1n) is 5.45. The second-order valence-corrected chi connectivity index (χ2v) is 6.12. The van der Waals surface area contributed by atoms with Gasteiger partial charge in [0.15, 0.2) is 0 Å². The molecule has 90 valence electrons. The zero-order chi connectivity index (χ0) is 11.9. The first-order valence-corrected chi connectivity index (χ1v) is 9.09. The number of hydrogen-bond acceptors (Lipinski definition) is 1. The topological polar surface area (TPSA) is 0 Å². The monoisotopic (exact) mass is 364 g/mol. The largest absolute Gasteiger partial charge is 0.165 e. The van der Waals surface area contributed by atoms with Gasteiger partial charge in [0.1, 0.15) is 0 Å². The van der Waals surface area contributed by atoms with Gasteiger partial charge in [-0.3, -0.25) is 0 Å². The zero-order valence-corrected chi connectivity index (χ0v) is 13.6. The van der Waals surface area contributed by atoms with Crippen LogP contribution in [0.25, 0.3) is 0 Å². The van der Waals surface area contributed by atoms with Gasteiger partial charge in [-0.05, 0) is 30.4 Å². The molecule has 0 saturated carbocycles. The average molecular weight is 366 g/mol. The van der Waals surface area contributed by atoms with E-state index in [0.29, 0.717) is 0 Å². The fourth-order valence-corrected chi connectivity index (χ4v) is 4.38. The Bertz CT molecular complexity index is 283. The van der Waals surface area contributed by atoms with E-state index in [9.17, 15) is 0 Å². The number of hydrogen-bond donors (Lipinski definition) is 0. The molecule has 0 spiro atoms.